The summed E-state index contributed by atoms with van der Waals surface area (Å²) in [5, 5.41) is 0. The molecule has 0 unspecified atom stereocenters. The van der Waals surface area contributed by atoms with Gasteiger partial charge in [0.2, 0.25) is 0 Å². The normalized spacial score (nSPS) is 11.2. The Morgan fingerprint density at radius 2 is 0.667 bits per heavy atom. The van der Waals surface area contributed by atoms with Crippen LogP contribution >= 0.6 is 0 Å². The minimum Gasteiger partial charge on any atom is -0.466 e. The van der Waals surface area contributed by atoms with Gasteiger partial charge >= 0.3 is 5.97 Å². The lowest BCUT2D eigenvalue weighted by Gasteiger charge is -2.06. The fourth-order valence-electron chi connectivity index (χ4n) is 4.67. The highest BCUT2D eigenvalue weighted by molar-refractivity contribution is 5.69. The van der Waals surface area contributed by atoms with E-state index < -0.39 is 0 Å². The molecular weight excluding hydrogens is 404 g/mol. The summed E-state index contributed by atoms with van der Waals surface area (Å²) in [7, 11) is 0. The largest absolute Gasteiger partial charge is 0.466 e. The molecule has 2 nitrogen and oxygen atoms in total. The summed E-state index contributed by atoms with van der Waals surface area (Å²) in [6.07, 6.45) is 35.7. The highest BCUT2D eigenvalue weighted by Gasteiger charge is 2.02. The van der Waals surface area contributed by atoms with Crippen molar-refractivity contribution in [3.8, 4) is 0 Å². The average Bonchev–Trinajstić information content (AvgIpc) is 2.82. The van der Waals surface area contributed by atoms with Crippen LogP contribution in [0.15, 0.2) is 0 Å². The van der Waals surface area contributed by atoms with Crippen molar-refractivity contribution in [1.82, 2.24) is 0 Å². The van der Waals surface area contributed by atoms with Gasteiger partial charge in [-0.25, -0.2) is 0 Å². The number of rotatable bonds is 28. The van der Waals surface area contributed by atoms with E-state index in [2.05, 4.69) is 13.8 Å². The Labute approximate surface area is 209 Å². The molecule has 0 aliphatic heterocycles. The van der Waals surface area contributed by atoms with Crippen molar-refractivity contribution in [3.05, 3.63) is 0 Å². The summed E-state index contributed by atoms with van der Waals surface area (Å²) in [5.74, 6) is 0.0243. The van der Waals surface area contributed by atoms with Gasteiger partial charge in [0.15, 0.2) is 0 Å². The number of ether oxygens (including phenoxy) is 1. The van der Waals surface area contributed by atoms with Gasteiger partial charge in [-0.3, -0.25) is 4.79 Å². The predicted molar refractivity (Wildman–Crippen MR) is 147 cm³/mol. The number of unbranched alkanes of at least 4 members (excludes halogenated alkanes) is 24. The van der Waals surface area contributed by atoms with Crippen molar-refractivity contribution < 1.29 is 9.53 Å². The Hall–Kier alpha value is -0.530. The molecule has 0 aromatic heterocycles. The van der Waals surface area contributed by atoms with Gasteiger partial charge in [-0.05, 0) is 12.8 Å². The molecule has 0 spiro atoms. The number of carbonyl (C=O) groups excluding carboxylic acids is 1. The van der Waals surface area contributed by atoms with E-state index >= 15 is 0 Å². The van der Waals surface area contributed by atoms with Crippen LogP contribution < -0.4 is 0 Å². The molecule has 2 heteroatoms. The Morgan fingerprint density at radius 1 is 0.394 bits per heavy atom. The molecule has 0 saturated carbocycles. The quantitative estimate of drug-likeness (QED) is 0.0846. The van der Waals surface area contributed by atoms with E-state index in [1.54, 1.807) is 0 Å². The van der Waals surface area contributed by atoms with E-state index in [9.17, 15) is 4.79 Å². The summed E-state index contributed by atoms with van der Waals surface area (Å²) in [6, 6.07) is 0. The lowest BCUT2D eigenvalue weighted by molar-refractivity contribution is -0.143. The molecule has 0 aromatic rings. The van der Waals surface area contributed by atoms with Gasteiger partial charge in [-0.2, -0.15) is 0 Å². The van der Waals surface area contributed by atoms with Crippen LogP contribution in [0.3, 0.4) is 0 Å². The second-order valence-electron chi connectivity index (χ2n) is 10.5. The predicted octanol–water partition coefficient (Wildman–Crippen LogP) is 11.1. The molecule has 0 fully saturated rings. The molecule has 198 valence electrons. The third kappa shape index (κ3) is 29.4. The highest BCUT2D eigenvalue weighted by atomic mass is 16.5. The van der Waals surface area contributed by atoms with Crippen molar-refractivity contribution in [2.45, 2.75) is 187 Å². The third-order valence-corrected chi connectivity index (χ3v) is 7.00. The fraction of sp³-hybridized carbons (Fsp3) is 0.968. The van der Waals surface area contributed by atoms with E-state index in [0.29, 0.717) is 13.0 Å². The summed E-state index contributed by atoms with van der Waals surface area (Å²) < 4.78 is 5.41. The van der Waals surface area contributed by atoms with Gasteiger partial charge in [0.1, 0.15) is 0 Å². The van der Waals surface area contributed by atoms with Crippen molar-refractivity contribution >= 4 is 5.97 Å². The molecule has 0 bridgehead atoms. The number of hydrogen-bond acceptors (Lipinski definition) is 2. The second-order valence-corrected chi connectivity index (χ2v) is 10.5. The van der Waals surface area contributed by atoms with E-state index in [-0.39, 0.29) is 5.97 Å². The maximum Gasteiger partial charge on any atom is 0.305 e. The van der Waals surface area contributed by atoms with Crippen molar-refractivity contribution in [3.63, 3.8) is 0 Å². The van der Waals surface area contributed by atoms with Crippen molar-refractivity contribution in [2.75, 3.05) is 6.61 Å². The van der Waals surface area contributed by atoms with Crippen LogP contribution in [0, 0.1) is 0 Å². The molecule has 0 saturated heterocycles. The van der Waals surface area contributed by atoms with Crippen LogP contribution in [0.4, 0.5) is 0 Å². The van der Waals surface area contributed by atoms with E-state index in [1.165, 1.54) is 154 Å². The Balaban J connectivity index is 3.13. The first-order chi connectivity index (χ1) is 16.3. The van der Waals surface area contributed by atoms with Crippen LogP contribution in [-0.4, -0.2) is 12.6 Å². The summed E-state index contributed by atoms with van der Waals surface area (Å²) >= 11 is 0. The Bertz CT molecular complexity index is 366. The number of carbonyl (C=O) groups is 1. The van der Waals surface area contributed by atoms with Gasteiger partial charge in [-0.1, -0.05) is 168 Å². The van der Waals surface area contributed by atoms with Crippen molar-refractivity contribution in [1.29, 1.82) is 0 Å². The monoisotopic (exact) mass is 466 g/mol. The number of esters is 1. The highest BCUT2D eigenvalue weighted by Crippen LogP contribution is 2.14. The standard InChI is InChI=1S/C31H62O2/c1-3-5-7-9-11-13-15-16-17-18-20-22-24-26-28-30-33-31(32)29-27-25-23-21-19-14-12-10-8-6-4-2/h3-30H2,1-2H3. The van der Waals surface area contributed by atoms with E-state index in [1.807, 2.05) is 0 Å². The third-order valence-electron chi connectivity index (χ3n) is 7.00. The molecule has 0 rings (SSSR count). The first-order valence-electron chi connectivity index (χ1n) is 15.5. The van der Waals surface area contributed by atoms with Gasteiger partial charge < -0.3 is 4.74 Å². The molecule has 33 heavy (non-hydrogen) atoms. The van der Waals surface area contributed by atoms with Gasteiger partial charge in [-0.15, -0.1) is 0 Å². The maximum absolute atomic E-state index is 11.8. The summed E-state index contributed by atoms with van der Waals surface area (Å²) in [5.41, 5.74) is 0. The Morgan fingerprint density at radius 3 is 1.00 bits per heavy atom. The first-order valence-corrected chi connectivity index (χ1v) is 15.5. The second kappa shape index (κ2) is 29.5. The topological polar surface area (TPSA) is 26.3 Å². The molecule has 0 atom stereocenters. The maximum atomic E-state index is 11.8. The minimum absolute atomic E-state index is 0.0243. The van der Waals surface area contributed by atoms with Crippen molar-refractivity contribution in [2.24, 2.45) is 0 Å². The van der Waals surface area contributed by atoms with Crippen LogP contribution in [0.5, 0.6) is 0 Å². The van der Waals surface area contributed by atoms with Crippen LogP contribution in [0.2, 0.25) is 0 Å². The summed E-state index contributed by atoms with van der Waals surface area (Å²) in [6.45, 7) is 5.20. The van der Waals surface area contributed by atoms with Gasteiger partial charge in [0.25, 0.3) is 0 Å². The Kier molecular flexibility index (Phi) is 29.0. The van der Waals surface area contributed by atoms with Gasteiger partial charge in [0.05, 0.1) is 6.61 Å². The molecule has 0 aliphatic carbocycles. The minimum atomic E-state index is 0.0243. The molecule has 0 radical (unpaired) electrons. The van der Waals surface area contributed by atoms with Crippen LogP contribution in [0.1, 0.15) is 187 Å². The lowest BCUT2D eigenvalue weighted by atomic mass is 10.0. The first kappa shape index (κ1) is 32.5. The molecule has 0 heterocycles. The zero-order valence-corrected chi connectivity index (χ0v) is 23.1. The SMILES string of the molecule is CCCCCCCCCCCCCCCCCOC(=O)CCCCCCCCCCCCC. The molecule has 0 amide bonds. The molecular formula is C31H62O2. The molecule has 0 aliphatic rings. The van der Waals surface area contributed by atoms with Crippen LogP contribution in [0.25, 0.3) is 0 Å². The smallest absolute Gasteiger partial charge is 0.305 e. The van der Waals surface area contributed by atoms with Crippen LogP contribution in [-0.2, 0) is 9.53 Å². The van der Waals surface area contributed by atoms with Gasteiger partial charge in [0, 0.05) is 6.42 Å². The lowest BCUT2D eigenvalue weighted by Crippen LogP contribution is -2.05. The number of hydrogen-bond donors (Lipinski definition) is 0. The average molecular weight is 467 g/mol. The summed E-state index contributed by atoms with van der Waals surface area (Å²) in [4.78, 5) is 11.8. The van der Waals surface area contributed by atoms with E-state index in [4.69, 9.17) is 4.74 Å². The zero-order chi connectivity index (χ0) is 24.1. The zero-order valence-electron chi connectivity index (χ0n) is 23.1. The van der Waals surface area contributed by atoms with E-state index in [0.717, 1.165) is 12.8 Å². The molecule has 0 aromatic carbocycles. The molecule has 0 N–H and O–H groups in total. The fourth-order valence-corrected chi connectivity index (χ4v) is 4.67.